The van der Waals surface area contributed by atoms with E-state index in [1.165, 1.54) is 16.7 Å². The van der Waals surface area contributed by atoms with Gasteiger partial charge < -0.3 is 5.11 Å². The van der Waals surface area contributed by atoms with Gasteiger partial charge in [-0.15, -0.1) is 12.3 Å². The lowest BCUT2D eigenvalue weighted by Crippen LogP contribution is -2.11. The summed E-state index contributed by atoms with van der Waals surface area (Å²) in [6.45, 7) is 4.14. The van der Waals surface area contributed by atoms with Gasteiger partial charge in [-0.05, 0) is 37.8 Å². The number of aliphatic hydroxyl groups excluding tert-OH is 1. The van der Waals surface area contributed by atoms with Crippen LogP contribution in [0.15, 0.2) is 18.2 Å². The highest BCUT2D eigenvalue weighted by Gasteiger charge is 2.06. The molecule has 0 aliphatic heterocycles. The summed E-state index contributed by atoms with van der Waals surface area (Å²) >= 11 is 0. The molecule has 1 aromatic carbocycles. The molecule has 1 atom stereocenters. The van der Waals surface area contributed by atoms with Crippen LogP contribution in [0.25, 0.3) is 0 Å². The second-order valence-corrected chi connectivity index (χ2v) is 4.03. The normalized spacial score (nSPS) is 12.1. The zero-order chi connectivity index (χ0) is 11.3. The number of rotatable bonds is 4. The third-order valence-electron chi connectivity index (χ3n) is 2.58. The Bertz CT molecular complexity index is 360. The first-order valence-corrected chi connectivity index (χ1v) is 5.31. The molecule has 0 heterocycles. The summed E-state index contributed by atoms with van der Waals surface area (Å²) in [4.78, 5) is 0. The Hall–Kier alpha value is -1.26. The Morgan fingerprint density at radius 2 is 2.13 bits per heavy atom. The van der Waals surface area contributed by atoms with Gasteiger partial charge in [0.15, 0.2) is 0 Å². The van der Waals surface area contributed by atoms with Crippen molar-refractivity contribution in [3.05, 3.63) is 34.9 Å². The largest absolute Gasteiger partial charge is 0.393 e. The lowest BCUT2D eigenvalue weighted by molar-refractivity contribution is 0.166. The number of hydrogen-bond acceptors (Lipinski definition) is 1. The minimum atomic E-state index is -0.318. The third kappa shape index (κ3) is 3.77. The molecule has 0 amide bonds. The molecule has 0 radical (unpaired) electrons. The quantitative estimate of drug-likeness (QED) is 0.744. The number of aliphatic hydroxyl groups is 1. The first kappa shape index (κ1) is 11.8. The summed E-state index contributed by atoms with van der Waals surface area (Å²) in [6, 6.07) is 6.32. The van der Waals surface area contributed by atoms with Crippen LogP contribution >= 0.6 is 0 Å². The Labute approximate surface area is 92.1 Å². The van der Waals surface area contributed by atoms with Crippen molar-refractivity contribution in [1.82, 2.24) is 0 Å². The predicted octanol–water partition coefficient (Wildman–Crippen LogP) is 2.62. The molecule has 1 unspecified atom stereocenters. The van der Waals surface area contributed by atoms with Gasteiger partial charge in [0, 0.05) is 6.42 Å². The van der Waals surface area contributed by atoms with Gasteiger partial charge in [-0.2, -0.15) is 0 Å². The minimum Gasteiger partial charge on any atom is -0.393 e. The SMILES string of the molecule is C#CCCC(O)Cc1cc(C)ccc1C. The predicted molar refractivity (Wildman–Crippen MR) is 63.7 cm³/mol. The smallest absolute Gasteiger partial charge is 0.0589 e. The fourth-order valence-electron chi connectivity index (χ4n) is 1.63. The van der Waals surface area contributed by atoms with Crippen molar-refractivity contribution in [2.24, 2.45) is 0 Å². The Morgan fingerprint density at radius 3 is 2.80 bits per heavy atom. The molecular formula is C14H18O. The number of terminal acetylenes is 1. The molecule has 0 aromatic heterocycles. The van der Waals surface area contributed by atoms with E-state index < -0.39 is 0 Å². The molecule has 15 heavy (non-hydrogen) atoms. The molecule has 0 aliphatic rings. The van der Waals surface area contributed by atoms with Crippen molar-refractivity contribution < 1.29 is 5.11 Å². The van der Waals surface area contributed by atoms with Gasteiger partial charge in [-0.1, -0.05) is 23.8 Å². The van der Waals surface area contributed by atoms with Gasteiger partial charge in [0.05, 0.1) is 6.10 Å². The molecule has 1 nitrogen and oxygen atoms in total. The fourth-order valence-corrected chi connectivity index (χ4v) is 1.63. The first-order valence-electron chi connectivity index (χ1n) is 5.31. The van der Waals surface area contributed by atoms with Gasteiger partial charge in [0.1, 0.15) is 0 Å². The van der Waals surface area contributed by atoms with E-state index in [2.05, 4.69) is 38.0 Å². The average Bonchev–Trinajstić information content (AvgIpc) is 2.20. The zero-order valence-corrected chi connectivity index (χ0v) is 9.46. The zero-order valence-electron chi connectivity index (χ0n) is 9.46. The Morgan fingerprint density at radius 1 is 1.40 bits per heavy atom. The molecule has 1 heteroatoms. The number of aryl methyl sites for hydroxylation is 2. The van der Waals surface area contributed by atoms with E-state index in [4.69, 9.17) is 6.42 Å². The molecule has 0 aliphatic carbocycles. The summed E-state index contributed by atoms with van der Waals surface area (Å²) in [7, 11) is 0. The van der Waals surface area contributed by atoms with E-state index in [9.17, 15) is 5.11 Å². The van der Waals surface area contributed by atoms with Crippen LogP contribution in [0.5, 0.6) is 0 Å². The van der Waals surface area contributed by atoms with Gasteiger partial charge >= 0.3 is 0 Å². The summed E-state index contributed by atoms with van der Waals surface area (Å²) in [5.74, 6) is 2.55. The van der Waals surface area contributed by atoms with E-state index in [0.29, 0.717) is 19.3 Å². The van der Waals surface area contributed by atoms with Crippen LogP contribution in [0.4, 0.5) is 0 Å². The second kappa shape index (κ2) is 5.58. The van der Waals surface area contributed by atoms with Gasteiger partial charge in [-0.3, -0.25) is 0 Å². The highest BCUT2D eigenvalue weighted by molar-refractivity contribution is 5.30. The molecule has 0 bridgehead atoms. The van der Waals surface area contributed by atoms with E-state index in [1.807, 2.05) is 0 Å². The maximum atomic E-state index is 9.75. The van der Waals surface area contributed by atoms with Crippen LogP contribution in [0, 0.1) is 26.2 Å². The first-order chi connectivity index (χ1) is 7.13. The van der Waals surface area contributed by atoms with Crippen LogP contribution < -0.4 is 0 Å². The van der Waals surface area contributed by atoms with Crippen LogP contribution in [0.3, 0.4) is 0 Å². The molecule has 0 spiro atoms. The Balaban J connectivity index is 2.64. The summed E-state index contributed by atoms with van der Waals surface area (Å²) in [5, 5.41) is 9.75. The maximum Gasteiger partial charge on any atom is 0.0589 e. The van der Waals surface area contributed by atoms with E-state index >= 15 is 0 Å². The van der Waals surface area contributed by atoms with E-state index in [-0.39, 0.29) is 6.10 Å². The van der Waals surface area contributed by atoms with Crippen molar-refractivity contribution in [2.45, 2.75) is 39.2 Å². The van der Waals surface area contributed by atoms with E-state index in [1.54, 1.807) is 0 Å². The monoisotopic (exact) mass is 202 g/mol. The van der Waals surface area contributed by atoms with Crippen molar-refractivity contribution in [1.29, 1.82) is 0 Å². The van der Waals surface area contributed by atoms with Crippen molar-refractivity contribution in [3.8, 4) is 12.3 Å². The van der Waals surface area contributed by atoms with Crippen molar-refractivity contribution >= 4 is 0 Å². The molecule has 80 valence electrons. The van der Waals surface area contributed by atoms with Gasteiger partial charge in [0.25, 0.3) is 0 Å². The average molecular weight is 202 g/mol. The molecule has 0 saturated heterocycles. The van der Waals surface area contributed by atoms with Crippen LogP contribution in [-0.4, -0.2) is 11.2 Å². The van der Waals surface area contributed by atoms with E-state index in [0.717, 1.165) is 0 Å². The van der Waals surface area contributed by atoms with Crippen molar-refractivity contribution in [3.63, 3.8) is 0 Å². The van der Waals surface area contributed by atoms with Gasteiger partial charge in [-0.25, -0.2) is 0 Å². The fraction of sp³-hybridized carbons (Fsp3) is 0.429. The lowest BCUT2D eigenvalue weighted by atomic mass is 9.98. The molecule has 1 aromatic rings. The van der Waals surface area contributed by atoms with Crippen LogP contribution in [0.1, 0.15) is 29.5 Å². The minimum absolute atomic E-state index is 0.318. The number of benzene rings is 1. The number of hydrogen-bond donors (Lipinski definition) is 1. The molecule has 0 fully saturated rings. The topological polar surface area (TPSA) is 20.2 Å². The summed E-state index contributed by atoms with van der Waals surface area (Å²) in [5.41, 5.74) is 3.69. The molecule has 0 saturated carbocycles. The van der Waals surface area contributed by atoms with Crippen LogP contribution in [0.2, 0.25) is 0 Å². The molecule has 1 N–H and O–H groups in total. The molecular weight excluding hydrogens is 184 g/mol. The van der Waals surface area contributed by atoms with Crippen molar-refractivity contribution in [2.75, 3.05) is 0 Å². The summed E-state index contributed by atoms with van der Waals surface area (Å²) < 4.78 is 0. The van der Waals surface area contributed by atoms with Gasteiger partial charge in [0.2, 0.25) is 0 Å². The van der Waals surface area contributed by atoms with Crippen LogP contribution in [-0.2, 0) is 6.42 Å². The Kier molecular flexibility index (Phi) is 4.39. The second-order valence-electron chi connectivity index (χ2n) is 4.03. The standard InChI is InChI=1S/C14H18O/c1-4-5-6-14(15)10-13-9-11(2)7-8-12(13)3/h1,7-9,14-15H,5-6,10H2,2-3H3. The highest BCUT2D eigenvalue weighted by atomic mass is 16.3. The third-order valence-corrected chi connectivity index (χ3v) is 2.58. The molecule has 1 rings (SSSR count). The lowest BCUT2D eigenvalue weighted by Gasteiger charge is -2.11. The highest BCUT2D eigenvalue weighted by Crippen LogP contribution is 2.14. The maximum absolute atomic E-state index is 9.75. The summed E-state index contributed by atoms with van der Waals surface area (Å²) in [6.07, 6.45) is 6.88.